The zero-order chi connectivity index (χ0) is 21.3. The molecule has 0 fully saturated rings. The maximum absolute atomic E-state index is 12.3. The van der Waals surface area contributed by atoms with Crippen molar-refractivity contribution in [3.63, 3.8) is 0 Å². The summed E-state index contributed by atoms with van der Waals surface area (Å²) in [5.74, 6) is 0.136. The van der Waals surface area contributed by atoms with Crippen LogP contribution in [0.5, 0.6) is 11.5 Å². The van der Waals surface area contributed by atoms with Gasteiger partial charge in [0.2, 0.25) is 0 Å². The van der Waals surface area contributed by atoms with Gasteiger partial charge >= 0.3 is 5.97 Å². The smallest absolute Gasteiger partial charge is 0.343 e. The normalized spacial score (nSPS) is 10.6. The number of rotatable bonds is 7. The Kier molecular flexibility index (Phi) is 6.95. The Morgan fingerprint density at radius 2 is 1.67 bits per heavy atom. The van der Waals surface area contributed by atoms with Gasteiger partial charge < -0.3 is 9.47 Å². The largest absolute Gasteiger partial charge is 0.483 e. The van der Waals surface area contributed by atoms with Crippen LogP contribution in [0.25, 0.3) is 0 Å². The van der Waals surface area contributed by atoms with Crippen molar-refractivity contribution in [2.45, 2.75) is 13.8 Å². The van der Waals surface area contributed by atoms with Crippen LogP contribution < -0.4 is 14.9 Å². The second-order valence-corrected chi connectivity index (χ2v) is 6.64. The zero-order valence-electron chi connectivity index (χ0n) is 16.8. The fourth-order valence-electron chi connectivity index (χ4n) is 2.63. The molecule has 0 aliphatic heterocycles. The lowest BCUT2D eigenvalue weighted by Gasteiger charge is -2.09. The molecule has 0 atom stereocenters. The van der Waals surface area contributed by atoms with Gasteiger partial charge in [-0.15, -0.1) is 0 Å². The molecule has 3 aromatic rings. The van der Waals surface area contributed by atoms with Gasteiger partial charge in [0.15, 0.2) is 6.61 Å². The first kappa shape index (κ1) is 20.8. The number of hydrogen-bond donors (Lipinski definition) is 1. The summed E-state index contributed by atoms with van der Waals surface area (Å²) in [5.41, 5.74) is 5.41. The van der Waals surface area contributed by atoms with E-state index in [0.29, 0.717) is 22.6 Å². The second kappa shape index (κ2) is 10.0. The van der Waals surface area contributed by atoms with Gasteiger partial charge in [-0.25, -0.2) is 10.2 Å². The van der Waals surface area contributed by atoms with Crippen LogP contribution in [0.15, 0.2) is 77.9 Å². The predicted octanol–water partition coefficient (Wildman–Crippen LogP) is 4.05. The Morgan fingerprint density at radius 1 is 0.933 bits per heavy atom. The van der Waals surface area contributed by atoms with Crippen molar-refractivity contribution in [3.8, 4) is 11.5 Å². The van der Waals surface area contributed by atoms with Crippen LogP contribution in [0.4, 0.5) is 0 Å². The van der Waals surface area contributed by atoms with E-state index in [0.717, 1.165) is 11.1 Å². The minimum Gasteiger partial charge on any atom is -0.483 e. The molecule has 1 N–H and O–H groups in total. The first-order valence-corrected chi connectivity index (χ1v) is 9.41. The molecule has 0 heterocycles. The summed E-state index contributed by atoms with van der Waals surface area (Å²) in [5, 5.41) is 3.94. The van der Waals surface area contributed by atoms with E-state index in [2.05, 4.69) is 10.5 Å². The zero-order valence-corrected chi connectivity index (χ0v) is 16.8. The average Bonchev–Trinajstić information content (AvgIpc) is 2.76. The minimum atomic E-state index is -0.470. The third-order valence-electron chi connectivity index (χ3n) is 4.23. The third kappa shape index (κ3) is 5.78. The Balaban J connectivity index is 1.57. The molecule has 0 aliphatic carbocycles. The summed E-state index contributed by atoms with van der Waals surface area (Å²) in [7, 11) is 0. The Labute approximate surface area is 175 Å². The molecule has 0 saturated heterocycles. The van der Waals surface area contributed by atoms with E-state index in [4.69, 9.17) is 9.47 Å². The van der Waals surface area contributed by atoms with Gasteiger partial charge in [0.1, 0.15) is 11.5 Å². The predicted molar refractivity (Wildman–Crippen MR) is 115 cm³/mol. The van der Waals surface area contributed by atoms with Gasteiger partial charge in [0, 0.05) is 5.56 Å². The number of nitrogens with one attached hydrogen (secondary N) is 1. The number of benzene rings is 3. The summed E-state index contributed by atoms with van der Waals surface area (Å²) in [6.07, 6.45) is 1.42. The molecule has 30 heavy (non-hydrogen) atoms. The van der Waals surface area contributed by atoms with Gasteiger partial charge in [-0.3, -0.25) is 4.79 Å². The molecule has 6 nitrogen and oxygen atoms in total. The molecule has 0 spiro atoms. The highest BCUT2D eigenvalue weighted by Crippen LogP contribution is 2.19. The van der Waals surface area contributed by atoms with Gasteiger partial charge in [-0.2, -0.15) is 5.10 Å². The van der Waals surface area contributed by atoms with Crippen LogP contribution in [0.2, 0.25) is 0 Å². The van der Waals surface area contributed by atoms with Crippen molar-refractivity contribution < 1.29 is 19.1 Å². The van der Waals surface area contributed by atoms with Crippen LogP contribution in [0, 0.1) is 13.8 Å². The van der Waals surface area contributed by atoms with E-state index < -0.39 is 11.9 Å². The number of hydrazone groups is 1. The standard InChI is InChI=1S/C24H22N2O4/c1-17-12-13-18(2)22(14-17)29-16-23(27)26-25-15-20-10-6-7-11-21(20)30-24(28)19-8-4-3-5-9-19/h3-15H,16H2,1-2H3,(H,26,27)/b25-15+. The number of ether oxygens (including phenoxy) is 2. The van der Waals surface area contributed by atoms with Crippen LogP contribution in [-0.2, 0) is 4.79 Å². The molecule has 0 bridgehead atoms. The molecule has 3 rings (SSSR count). The minimum absolute atomic E-state index is 0.160. The lowest BCUT2D eigenvalue weighted by molar-refractivity contribution is -0.123. The molecule has 3 aromatic carbocycles. The molecular weight excluding hydrogens is 380 g/mol. The summed E-state index contributed by atoms with van der Waals surface area (Å²) < 4.78 is 11.0. The molecule has 1 amide bonds. The molecule has 0 aromatic heterocycles. The monoisotopic (exact) mass is 402 g/mol. The maximum atomic E-state index is 12.3. The Hall–Kier alpha value is -3.93. The van der Waals surface area contributed by atoms with E-state index in [1.165, 1.54) is 6.21 Å². The van der Waals surface area contributed by atoms with Crippen LogP contribution in [0.3, 0.4) is 0 Å². The first-order valence-electron chi connectivity index (χ1n) is 9.41. The summed E-state index contributed by atoms with van der Waals surface area (Å²) in [6, 6.07) is 21.4. The van der Waals surface area contributed by atoms with E-state index in [1.54, 1.807) is 48.5 Å². The topological polar surface area (TPSA) is 77.0 Å². The third-order valence-corrected chi connectivity index (χ3v) is 4.23. The molecule has 0 saturated carbocycles. The number of carbonyl (C=O) groups is 2. The summed E-state index contributed by atoms with van der Waals surface area (Å²) in [6.45, 7) is 3.71. The van der Waals surface area contributed by atoms with Gasteiger partial charge in [0.05, 0.1) is 11.8 Å². The molecule has 0 radical (unpaired) electrons. The molecule has 6 heteroatoms. The maximum Gasteiger partial charge on any atom is 0.343 e. The number of carbonyl (C=O) groups excluding carboxylic acids is 2. The van der Waals surface area contributed by atoms with Gasteiger partial charge in [-0.1, -0.05) is 42.5 Å². The summed E-state index contributed by atoms with van der Waals surface area (Å²) in [4.78, 5) is 24.3. The highest BCUT2D eigenvalue weighted by molar-refractivity contribution is 5.93. The first-order chi connectivity index (χ1) is 14.5. The van der Waals surface area contributed by atoms with Crippen molar-refractivity contribution in [1.29, 1.82) is 0 Å². The number of nitrogens with zero attached hydrogens (tertiary/aromatic N) is 1. The lowest BCUT2D eigenvalue weighted by Crippen LogP contribution is -2.24. The van der Waals surface area contributed by atoms with E-state index in [1.807, 2.05) is 38.1 Å². The van der Waals surface area contributed by atoms with Crippen molar-refractivity contribution in [3.05, 3.63) is 95.1 Å². The van der Waals surface area contributed by atoms with Crippen molar-refractivity contribution >= 4 is 18.1 Å². The second-order valence-electron chi connectivity index (χ2n) is 6.64. The molecule has 0 aliphatic rings. The van der Waals surface area contributed by atoms with Gasteiger partial charge in [-0.05, 0) is 55.3 Å². The van der Waals surface area contributed by atoms with Crippen LogP contribution >= 0.6 is 0 Å². The highest BCUT2D eigenvalue weighted by atomic mass is 16.5. The fourth-order valence-corrected chi connectivity index (χ4v) is 2.63. The van der Waals surface area contributed by atoms with Crippen LogP contribution in [0.1, 0.15) is 27.0 Å². The summed E-state index contributed by atoms with van der Waals surface area (Å²) >= 11 is 0. The number of para-hydroxylation sites is 1. The van der Waals surface area contributed by atoms with Crippen molar-refractivity contribution in [2.75, 3.05) is 6.61 Å². The molecule has 152 valence electrons. The van der Waals surface area contributed by atoms with E-state index >= 15 is 0 Å². The molecular formula is C24H22N2O4. The number of esters is 1. The highest BCUT2D eigenvalue weighted by Gasteiger charge is 2.10. The van der Waals surface area contributed by atoms with Gasteiger partial charge in [0.25, 0.3) is 5.91 Å². The lowest BCUT2D eigenvalue weighted by atomic mass is 10.1. The number of hydrogen-bond acceptors (Lipinski definition) is 5. The number of amides is 1. The van der Waals surface area contributed by atoms with Crippen LogP contribution in [-0.4, -0.2) is 24.7 Å². The fraction of sp³-hybridized carbons (Fsp3) is 0.125. The average molecular weight is 402 g/mol. The Bertz CT molecular complexity index is 1060. The van der Waals surface area contributed by atoms with Crippen molar-refractivity contribution in [1.82, 2.24) is 5.43 Å². The Morgan fingerprint density at radius 3 is 2.47 bits per heavy atom. The van der Waals surface area contributed by atoms with E-state index in [-0.39, 0.29) is 6.61 Å². The quantitative estimate of drug-likeness (QED) is 0.280. The van der Waals surface area contributed by atoms with Crippen molar-refractivity contribution in [2.24, 2.45) is 5.10 Å². The molecule has 0 unspecified atom stereocenters. The van der Waals surface area contributed by atoms with E-state index in [9.17, 15) is 9.59 Å². The SMILES string of the molecule is Cc1ccc(C)c(OCC(=O)N/N=C/c2ccccc2OC(=O)c2ccccc2)c1. The number of aryl methyl sites for hydroxylation is 2.